The first-order valence-electron chi connectivity index (χ1n) is 5.74. The standard InChI is InChI=1S/C14H14FO3P/c1-18-19(16,17)10-13-12(8-5-9-14(13)15)11-6-3-2-4-7-11/h2-9H,10H2,1H3,(H,16,17). The van der Waals surface area contributed by atoms with Gasteiger partial charge in [-0.15, -0.1) is 0 Å². The molecule has 0 amide bonds. The summed E-state index contributed by atoms with van der Waals surface area (Å²) in [6.07, 6.45) is -0.347. The summed E-state index contributed by atoms with van der Waals surface area (Å²) in [5.41, 5.74) is 1.60. The molecule has 0 aliphatic heterocycles. The lowest BCUT2D eigenvalue weighted by Crippen LogP contribution is -1.97. The zero-order valence-corrected chi connectivity index (χ0v) is 11.3. The van der Waals surface area contributed by atoms with Gasteiger partial charge < -0.3 is 9.42 Å². The first-order chi connectivity index (χ1) is 9.03. The molecule has 1 N–H and O–H groups in total. The number of halogens is 1. The van der Waals surface area contributed by atoms with E-state index >= 15 is 0 Å². The van der Waals surface area contributed by atoms with Gasteiger partial charge >= 0.3 is 7.60 Å². The summed E-state index contributed by atoms with van der Waals surface area (Å²) in [5, 5.41) is 0. The molecule has 1 unspecified atom stereocenters. The predicted octanol–water partition coefficient (Wildman–Crippen LogP) is 3.82. The maximum Gasteiger partial charge on any atom is 0.332 e. The second kappa shape index (κ2) is 5.66. The molecule has 2 aromatic rings. The van der Waals surface area contributed by atoms with E-state index in [1.54, 1.807) is 12.1 Å². The van der Waals surface area contributed by atoms with E-state index in [2.05, 4.69) is 4.52 Å². The topological polar surface area (TPSA) is 46.5 Å². The van der Waals surface area contributed by atoms with Crippen LogP contribution in [0.3, 0.4) is 0 Å². The molecule has 5 heteroatoms. The van der Waals surface area contributed by atoms with Gasteiger partial charge in [-0.2, -0.15) is 0 Å². The molecule has 100 valence electrons. The fourth-order valence-corrected chi connectivity index (χ4v) is 2.72. The number of rotatable bonds is 4. The zero-order valence-electron chi connectivity index (χ0n) is 10.4. The van der Waals surface area contributed by atoms with Crippen LogP contribution in [0.1, 0.15) is 5.56 Å². The van der Waals surface area contributed by atoms with Crippen LogP contribution in [0.15, 0.2) is 48.5 Å². The first-order valence-corrected chi connectivity index (χ1v) is 7.50. The molecule has 1 atom stereocenters. The maximum atomic E-state index is 13.9. The van der Waals surface area contributed by atoms with Gasteiger partial charge in [0.2, 0.25) is 0 Å². The third kappa shape index (κ3) is 3.29. The number of benzene rings is 2. The molecular weight excluding hydrogens is 266 g/mol. The van der Waals surface area contributed by atoms with E-state index in [0.717, 1.165) is 12.7 Å². The highest BCUT2D eigenvalue weighted by molar-refractivity contribution is 7.51. The van der Waals surface area contributed by atoms with Crippen molar-refractivity contribution in [2.75, 3.05) is 7.11 Å². The van der Waals surface area contributed by atoms with Crippen molar-refractivity contribution in [2.45, 2.75) is 6.16 Å². The Morgan fingerprint density at radius 2 is 1.84 bits per heavy atom. The lowest BCUT2D eigenvalue weighted by Gasteiger charge is -2.14. The molecule has 0 heterocycles. The van der Waals surface area contributed by atoms with Crippen LogP contribution in [0.25, 0.3) is 11.1 Å². The minimum absolute atomic E-state index is 0.196. The second-order valence-corrected chi connectivity index (χ2v) is 6.07. The molecule has 2 rings (SSSR count). The van der Waals surface area contributed by atoms with Crippen molar-refractivity contribution in [1.29, 1.82) is 0 Å². The highest BCUT2D eigenvalue weighted by Crippen LogP contribution is 2.46. The monoisotopic (exact) mass is 280 g/mol. The summed E-state index contributed by atoms with van der Waals surface area (Å²) in [5.74, 6) is -0.507. The first kappa shape index (κ1) is 13.9. The van der Waals surface area contributed by atoms with Gasteiger partial charge in [0, 0.05) is 12.7 Å². The largest absolute Gasteiger partial charge is 0.332 e. The molecule has 0 aromatic heterocycles. The van der Waals surface area contributed by atoms with Crippen LogP contribution < -0.4 is 0 Å². The van der Waals surface area contributed by atoms with Crippen molar-refractivity contribution in [3.05, 3.63) is 59.9 Å². The number of hydrogen-bond donors (Lipinski definition) is 1. The molecule has 0 spiro atoms. The molecule has 0 radical (unpaired) electrons. The average molecular weight is 280 g/mol. The molecule has 0 aliphatic carbocycles. The van der Waals surface area contributed by atoms with E-state index < -0.39 is 13.4 Å². The predicted molar refractivity (Wildman–Crippen MR) is 72.4 cm³/mol. The van der Waals surface area contributed by atoms with Crippen molar-refractivity contribution in [3.8, 4) is 11.1 Å². The van der Waals surface area contributed by atoms with Gasteiger partial charge in [-0.05, 0) is 17.2 Å². The smallest absolute Gasteiger partial charge is 0.324 e. The average Bonchev–Trinajstić information content (AvgIpc) is 2.42. The molecular formula is C14H14FO3P. The lowest BCUT2D eigenvalue weighted by atomic mass is 10.0. The summed E-state index contributed by atoms with van der Waals surface area (Å²) in [7, 11) is -2.67. The van der Waals surface area contributed by atoms with E-state index in [0.29, 0.717) is 5.56 Å². The Morgan fingerprint density at radius 3 is 2.47 bits per heavy atom. The summed E-state index contributed by atoms with van der Waals surface area (Å²) in [6, 6.07) is 13.8. The highest BCUT2D eigenvalue weighted by Gasteiger charge is 2.22. The Balaban J connectivity index is 2.51. The molecule has 19 heavy (non-hydrogen) atoms. The van der Waals surface area contributed by atoms with Crippen LogP contribution >= 0.6 is 7.60 Å². The minimum Gasteiger partial charge on any atom is -0.324 e. The lowest BCUT2D eigenvalue weighted by molar-refractivity contribution is 0.314. The maximum absolute atomic E-state index is 13.9. The van der Waals surface area contributed by atoms with Gasteiger partial charge in [0.15, 0.2) is 0 Å². The second-order valence-electron chi connectivity index (χ2n) is 4.11. The van der Waals surface area contributed by atoms with Crippen molar-refractivity contribution >= 4 is 7.60 Å². The van der Waals surface area contributed by atoms with E-state index in [1.807, 2.05) is 30.3 Å². The normalized spacial score (nSPS) is 14.1. The van der Waals surface area contributed by atoms with Crippen LogP contribution in [0, 0.1) is 5.82 Å². The molecule has 0 aliphatic rings. The van der Waals surface area contributed by atoms with Crippen LogP contribution in [-0.2, 0) is 15.3 Å². The van der Waals surface area contributed by atoms with Crippen LogP contribution in [0.2, 0.25) is 0 Å². The van der Waals surface area contributed by atoms with Crippen LogP contribution in [-0.4, -0.2) is 12.0 Å². The van der Waals surface area contributed by atoms with E-state index in [-0.39, 0.29) is 11.7 Å². The minimum atomic E-state index is -3.81. The van der Waals surface area contributed by atoms with Crippen molar-refractivity contribution in [1.82, 2.24) is 0 Å². The van der Waals surface area contributed by atoms with Crippen molar-refractivity contribution < 1.29 is 18.4 Å². The molecule has 2 aromatic carbocycles. The summed E-state index contributed by atoms with van der Waals surface area (Å²) in [4.78, 5) is 9.54. The van der Waals surface area contributed by atoms with Crippen molar-refractivity contribution in [3.63, 3.8) is 0 Å². The van der Waals surface area contributed by atoms with Gasteiger partial charge in [-0.3, -0.25) is 4.57 Å². The third-order valence-electron chi connectivity index (χ3n) is 2.85. The Morgan fingerprint density at radius 1 is 1.16 bits per heavy atom. The van der Waals surface area contributed by atoms with Crippen LogP contribution in [0.5, 0.6) is 0 Å². The fourth-order valence-electron chi connectivity index (χ4n) is 1.87. The van der Waals surface area contributed by atoms with Gasteiger partial charge in [0.05, 0.1) is 6.16 Å². The summed E-state index contributed by atoms with van der Waals surface area (Å²) < 4.78 is 30.1. The SMILES string of the molecule is COP(=O)(O)Cc1c(F)cccc1-c1ccccc1. The Hall–Kier alpha value is -1.48. The zero-order chi connectivity index (χ0) is 13.9. The highest BCUT2D eigenvalue weighted by atomic mass is 31.2. The summed E-state index contributed by atoms with van der Waals surface area (Å²) >= 11 is 0. The van der Waals surface area contributed by atoms with Gasteiger partial charge in [-0.25, -0.2) is 4.39 Å². The molecule has 3 nitrogen and oxygen atoms in total. The van der Waals surface area contributed by atoms with Gasteiger partial charge in [0.25, 0.3) is 0 Å². The summed E-state index contributed by atoms with van der Waals surface area (Å²) in [6.45, 7) is 0. The van der Waals surface area contributed by atoms with Crippen molar-refractivity contribution in [2.24, 2.45) is 0 Å². The Labute approximate surface area is 111 Å². The third-order valence-corrected chi connectivity index (χ3v) is 4.13. The van der Waals surface area contributed by atoms with Crippen LogP contribution in [0.4, 0.5) is 4.39 Å². The molecule has 0 saturated heterocycles. The van der Waals surface area contributed by atoms with E-state index in [4.69, 9.17) is 0 Å². The van der Waals surface area contributed by atoms with E-state index in [9.17, 15) is 13.8 Å². The molecule has 0 bridgehead atoms. The van der Waals surface area contributed by atoms with Gasteiger partial charge in [0.1, 0.15) is 5.82 Å². The van der Waals surface area contributed by atoms with E-state index in [1.165, 1.54) is 6.07 Å². The molecule has 0 fully saturated rings. The fraction of sp³-hybridized carbons (Fsp3) is 0.143. The number of hydrogen-bond acceptors (Lipinski definition) is 2. The Kier molecular flexibility index (Phi) is 4.15. The molecule has 0 saturated carbocycles. The quantitative estimate of drug-likeness (QED) is 0.866. The van der Waals surface area contributed by atoms with Gasteiger partial charge in [-0.1, -0.05) is 42.5 Å². The Bertz CT molecular complexity index is 613.